The molecule has 9 heteroatoms. The molecule has 1 amide bonds. The van der Waals surface area contributed by atoms with E-state index in [4.69, 9.17) is 14.2 Å². The lowest BCUT2D eigenvalue weighted by Crippen LogP contribution is -2.15. The van der Waals surface area contributed by atoms with Gasteiger partial charge in [-0.15, -0.1) is 0 Å². The summed E-state index contributed by atoms with van der Waals surface area (Å²) in [7, 11) is 1.44. The number of halogens is 2. The first kappa shape index (κ1) is 23.4. The van der Waals surface area contributed by atoms with E-state index in [1.807, 2.05) is 6.07 Å². The molecule has 0 bridgehead atoms. The molecule has 0 radical (unpaired) electrons. The van der Waals surface area contributed by atoms with Crippen molar-refractivity contribution in [1.29, 1.82) is 5.26 Å². The number of hydrogen-bond donors (Lipinski definition) is 1. The van der Waals surface area contributed by atoms with E-state index < -0.39 is 11.9 Å². The van der Waals surface area contributed by atoms with Gasteiger partial charge in [-0.1, -0.05) is 31.9 Å². The molecule has 156 valence electrons. The summed E-state index contributed by atoms with van der Waals surface area (Å²) in [6, 6.07) is 12.1. The van der Waals surface area contributed by atoms with Crippen molar-refractivity contribution in [1.82, 2.24) is 0 Å². The summed E-state index contributed by atoms with van der Waals surface area (Å²) in [4.78, 5) is 24.0. The second-order valence-corrected chi connectivity index (χ2v) is 7.52. The van der Waals surface area contributed by atoms with Crippen LogP contribution in [0.1, 0.15) is 12.5 Å². The van der Waals surface area contributed by atoms with E-state index in [2.05, 4.69) is 37.2 Å². The maximum absolute atomic E-state index is 12.5. The van der Waals surface area contributed by atoms with Crippen LogP contribution in [-0.2, 0) is 14.3 Å². The molecule has 2 aromatic rings. The van der Waals surface area contributed by atoms with E-state index in [-0.39, 0.29) is 18.8 Å². The summed E-state index contributed by atoms with van der Waals surface area (Å²) in [6.45, 7) is 1.69. The minimum Gasteiger partial charge on any atom is -0.493 e. The first-order valence-electron chi connectivity index (χ1n) is 8.72. The highest BCUT2D eigenvalue weighted by molar-refractivity contribution is 9.10. The fourth-order valence-electron chi connectivity index (χ4n) is 2.31. The van der Waals surface area contributed by atoms with Crippen molar-refractivity contribution in [2.45, 2.75) is 6.92 Å². The van der Waals surface area contributed by atoms with Gasteiger partial charge in [0, 0.05) is 14.6 Å². The monoisotopic (exact) mass is 536 g/mol. The van der Waals surface area contributed by atoms with Gasteiger partial charge < -0.3 is 19.5 Å². The number of nitrogens with one attached hydrogen (secondary N) is 1. The topological polar surface area (TPSA) is 97.7 Å². The van der Waals surface area contributed by atoms with Crippen LogP contribution in [0.15, 0.2) is 50.9 Å². The Morgan fingerprint density at radius 2 is 1.87 bits per heavy atom. The predicted octanol–water partition coefficient (Wildman–Crippen LogP) is 4.71. The molecule has 0 saturated heterocycles. The molecule has 0 heterocycles. The second kappa shape index (κ2) is 11.4. The van der Waals surface area contributed by atoms with E-state index >= 15 is 0 Å². The summed E-state index contributed by atoms with van der Waals surface area (Å²) in [5.74, 6) is -0.406. The summed E-state index contributed by atoms with van der Waals surface area (Å²) < 4.78 is 17.0. The van der Waals surface area contributed by atoms with E-state index in [0.717, 1.165) is 4.47 Å². The number of methoxy groups -OCH3 is 1. The average molecular weight is 538 g/mol. The Morgan fingerprint density at radius 3 is 2.47 bits per heavy atom. The number of anilines is 1. The standard InChI is InChI=1S/C21H18Br2N2O5/c1-3-29-20(26)12-30-19-10-17(23)13(9-18(19)28-2)8-14(11-24)21(27)25-16-6-4-15(22)5-7-16/h4-10H,3,12H2,1-2H3,(H,25,27)/b14-8-. The van der Waals surface area contributed by atoms with Crippen molar-refractivity contribution in [3.05, 3.63) is 56.5 Å². The Bertz CT molecular complexity index is 998. The van der Waals surface area contributed by atoms with Crippen LogP contribution in [0.2, 0.25) is 0 Å². The number of nitrogens with zero attached hydrogens (tertiary/aromatic N) is 1. The highest BCUT2D eigenvalue weighted by Crippen LogP contribution is 2.34. The van der Waals surface area contributed by atoms with Gasteiger partial charge in [-0.05, 0) is 55.0 Å². The second-order valence-electron chi connectivity index (χ2n) is 5.75. The molecule has 0 aliphatic rings. The molecule has 0 unspecified atom stereocenters. The van der Waals surface area contributed by atoms with Gasteiger partial charge >= 0.3 is 5.97 Å². The first-order chi connectivity index (χ1) is 14.4. The normalized spacial score (nSPS) is 10.7. The summed E-state index contributed by atoms with van der Waals surface area (Å²) in [5.41, 5.74) is 0.988. The number of amides is 1. The van der Waals surface area contributed by atoms with E-state index in [9.17, 15) is 14.9 Å². The zero-order chi connectivity index (χ0) is 22.1. The van der Waals surface area contributed by atoms with Crippen molar-refractivity contribution >= 4 is 55.5 Å². The van der Waals surface area contributed by atoms with Gasteiger partial charge in [0.1, 0.15) is 11.6 Å². The van der Waals surface area contributed by atoms with Crippen LogP contribution in [0.25, 0.3) is 6.08 Å². The van der Waals surface area contributed by atoms with Gasteiger partial charge in [0.15, 0.2) is 18.1 Å². The molecular formula is C21H18Br2N2O5. The molecule has 0 aromatic heterocycles. The van der Waals surface area contributed by atoms with Crippen LogP contribution >= 0.6 is 31.9 Å². The highest BCUT2D eigenvalue weighted by Gasteiger charge is 2.15. The lowest BCUT2D eigenvalue weighted by atomic mass is 10.1. The molecule has 7 nitrogen and oxygen atoms in total. The van der Waals surface area contributed by atoms with Crippen LogP contribution < -0.4 is 14.8 Å². The Labute approximate surface area is 190 Å². The molecule has 2 rings (SSSR count). The van der Waals surface area contributed by atoms with Gasteiger partial charge in [-0.2, -0.15) is 5.26 Å². The maximum atomic E-state index is 12.5. The minimum absolute atomic E-state index is 0.0964. The van der Waals surface area contributed by atoms with E-state index in [1.54, 1.807) is 43.3 Å². The lowest BCUT2D eigenvalue weighted by molar-refractivity contribution is -0.145. The zero-order valence-corrected chi connectivity index (χ0v) is 19.4. The molecule has 0 aliphatic heterocycles. The van der Waals surface area contributed by atoms with Crippen molar-refractivity contribution < 1.29 is 23.8 Å². The number of ether oxygens (including phenoxy) is 3. The Hall–Kier alpha value is -2.83. The third-order valence-electron chi connectivity index (χ3n) is 3.70. The minimum atomic E-state index is -0.548. The third-order valence-corrected chi connectivity index (χ3v) is 4.92. The molecule has 0 fully saturated rings. The highest BCUT2D eigenvalue weighted by atomic mass is 79.9. The SMILES string of the molecule is CCOC(=O)COc1cc(Br)c(/C=C(/C#N)C(=O)Nc2ccc(Br)cc2)cc1OC. The Balaban J connectivity index is 2.24. The molecule has 0 spiro atoms. The van der Waals surface area contributed by atoms with Gasteiger partial charge in [-0.25, -0.2) is 4.79 Å². The van der Waals surface area contributed by atoms with Crippen molar-refractivity contribution in [3.63, 3.8) is 0 Å². The molecule has 2 aromatic carbocycles. The number of hydrogen-bond acceptors (Lipinski definition) is 6. The fourth-order valence-corrected chi connectivity index (χ4v) is 3.01. The number of rotatable bonds is 8. The maximum Gasteiger partial charge on any atom is 0.344 e. The van der Waals surface area contributed by atoms with Crippen LogP contribution in [0.4, 0.5) is 5.69 Å². The molecule has 0 aliphatic carbocycles. The molecule has 1 N–H and O–H groups in total. The van der Waals surface area contributed by atoms with Crippen LogP contribution in [0.5, 0.6) is 11.5 Å². The number of carbonyl (C=O) groups excluding carboxylic acids is 2. The summed E-state index contributed by atoms with van der Waals surface area (Å²) >= 11 is 6.71. The number of carbonyl (C=O) groups is 2. The number of esters is 1. The van der Waals surface area contributed by atoms with Gasteiger partial charge in [0.2, 0.25) is 0 Å². The van der Waals surface area contributed by atoms with Crippen molar-refractivity contribution in [3.8, 4) is 17.6 Å². The van der Waals surface area contributed by atoms with Crippen LogP contribution in [-0.4, -0.2) is 32.2 Å². The molecule has 30 heavy (non-hydrogen) atoms. The smallest absolute Gasteiger partial charge is 0.344 e. The quantitative estimate of drug-likeness (QED) is 0.297. The van der Waals surface area contributed by atoms with Gasteiger partial charge in [-0.3, -0.25) is 4.79 Å². The zero-order valence-electron chi connectivity index (χ0n) is 16.2. The molecular weight excluding hydrogens is 520 g/mol. The summed E-state index contributed by atoms with van der Waals surface area (Å²) in [6.07, 6.45) is 1.43. The van der Waals surface area contributed by atoms with E-state index in [0.29, 0.717) is 27.2 Å². The van der Waals surface area contributed by atoms with Gasteiger partial charge in [0.25, 0.3) is 5.91 Å². The Morgan fingerprint density at radius 1 is 1.17 bits per heavy atom. The first-order valence-corrected chi connectivity index (χ1v) is 10.3. The van der Waals surface area contributed by atoms with Gasteiger partial charge in [0.05, 0.1) is 13.7 Å². The number of nitriles is 1. The summed E-state index contributed by atoms with van der Waals surface area (Å²) in [5, 5.41) is 12.1. The van der Waals surface area contributed by atoms with Crippen LogP contribution in [0.3, 0.4) is 0 Å². The predicted molar refractivity (Wildman–Crippen MR) is 119 cm³/mol. The van der Waals surface area contributed by atoms with Crippen molar-refractivity contribution in [2.24, 2.45) is 0 Å². The van der Waals surface area contributed by atoms with Crippen LogP contribution in [0, 0.1) is 11.3 Å². The average Bonchev–Trinajstić information content (AvgIpc) is 2.73. The lowest BCUT2D eigenvalue weighted by Gasteiger charge is -2.12. The fraction of sp³-hybridized carbons (Fsp3) is 0.190. The molecule has 0 saturated carbocycles. The van der Waals surface area contributed by atoms with Crippen molar-refractivity contribution in [2.75, 3.05) is 25.6 Å². The Kier molecular flexibility index (Phi) is 8.89. The number of benzene rings is 2. The third kappa shape index (κ3) is 6.61. The largest absolute Gasteiger partial charge is 0.493 e. The van der Waals surface area contributed by atoms with E-state index in [1.165, 1.54) is 13.2 Å². The molecule has 0 atom stereocenters.